The molecule has 0 aliphatic carbocycles. The number of hydrogen-bond donors (Lipinski definition) is 3. The van der Waals surface area contributed by atoms with Crippen molar-refractivity contribution < 1.29 is 33.6 Å². The molecule has 5 rings (SSSR count). The van der Waals surface area contributed by atoms with Gasteiger partial charge in [0.05, 0.1) is 12.7 Å². The summed E-state index contributed by atoms with van der Waals surface area (Å²) >= 11 is 0. The number of hydrogen-bond acceptors (Lipinski definition) is 6. The van der Waals surface area contributed by atoms with Crippen molar-refractivity contribution in [2.24, 2.45) is 0 Å². The molecule has 0 bridgehead atoms. The molecule has 6 nitrogen and oxygen atoms in total. The number of aliphatic hydroxyl groups is 3. The van der Waals surface area contributed by atoms with Crippen LogP contribution in [-0.2, 0) is 28.3 Å². The van der Waals surface area contributed by atoms with E-state index >= 15 is 0 Å². The average molecular weight is 400 g/mol. The Hall–Kier alpha value is -2.29. The van der Waals surface area contributed by atoms with E-state index in [0.717, 1.165) is 11.0 Å². The van der Waals surface area contributed by atoms with Crippen molar-refractivity contribution in [2.75, 3.05) is 0 Å². The van der Waals surface area contributed by atoms with Gasteiger partial charge in [0.15, 0.2) is 0 Å². The maximum absolute atomic E-state index is 14.8. The van der Waals surface area contributed by atoms with Crippen LogP contribution in [0.3, 0.4) is 0 Å². The zero-order valence-electron chi connectivity index (χ0n) is 15.7. The highest BCUT2D eigenvalue weighted by Gasteiger charge is 2.57. The number of para-hydroxylation sites is 1. The van der Waals surface area contributed by atoms with Gasteiger partial charge in [-0.05, 0) is 42.3 Å². The maximum atomic E-state index is 14.8. The molecule has 2 aliphatic rings. The molecule has 2 aliphatic heterocycles. The summed E-state index contributed by atoms with van der Waals surface area (Å²) in [6, 6.07) is 12.4. The minimum Gasteiger partial charge on any atom is -0.461 e. The van der Waals surface area contributed by atoms with Gasteiger partial charge in [0, 0.05) is 17.4 Å². The molecular formula is C22H21FO6. The van der Waals surface area contributed by atoms with Crippen molar-refractivity contribution in [3.63, 3.8) is 0 Å². The molecule has 3 N–H and O–H groups in total. The molecule has 0 radical (unpaired) electrons. The normalized spacial score (nSPS) is 31.5. The molecule has 0 saturated carbocycles. The van der Waals surface area contributed by atoms with Crippen molar-refractivity contribution in [1.29, 1.82) is 0 Å². The number of rotatable bonds is 2. The van der Waals surface area contributed by atoms with Gasteiger partial charge in [-0.25, -0.2) is 4.39 Å². The second kappa shape index (κ2) is 6.62. The summed E-state index contributed by atoms with van der Waals surface area (Å²) in [4.78, 5) is 0. The number of benzene rings is 2. The first-order valence-corrected chi connectivity index (χ1v) is 9.54. The van der Waals surface area contributed by atoms with Crippen LogP contribution in [0.2, 0.25) is 0 Å². The SMILES string of the molecule is C[C@H]1O[C@]2(OCc3cc(F)c(Cc4cc5ccccc5o4)cc32)[C@H](O)[C@@H](O)[C@@H]1O. The monoisotopic (exact) mass is 400 g/mol. The topological polar surface area (TPSA) is 92.3 Å². The van der Waals surface area contributed by atoms with Crippen LogP contribution in [0, 0.1) is 5.82 Å². The summed E-state index contributed by atoms with van der Waals surface area (Å²) in [6.07, 6.45) is -4.78. The fraction of sp³-hybridized carbons (Fsp3) is 0.364. The first-order chi connectivity index (χ1) is 13.9. The third kappa shape index (κ3) is 2.81. The van der Waals surface area contributed by atoms with E-state index in [-0.39, 0.29) is 13.0 Å². The van der Waals surface area contributed by atoms with Gasteiger partial charge in [-0.15, -0.1) is 0 Å². The standard InChI is InChI=1S/C22H21FO6/c1-11-19(24)20(25)21(26)22(29-11)16-8-13(17(23)9-14(16)10-27-22)7-15-6-12-4-2-3-5-18(12)28-15/h2-6,8-9,11,19-21,24-26H,7,10H2,1H3/t11-,19-,20+,21-,22+/m1/s1. The molecule has 5 atom stereocenters. The van der Waals surface area contributed by atoms with E-state index in [1.54, 1.807) is 13.0 Å². The lowest BCUT2D eigenvalue weighted by molar-refractivity contribution is -0.362. The number of fused-ring (bicyclic) bond motifs is 3. The molecular weight excluding hydrogens is 379 g/mol. The molecule has 1 saturated heterocycles. The largest absolute Gasteiger partial charge is 0.461 e. The number of aliphatic hydroxyl groups excluding tert-OH is 3. The van der Waals surface area contributed by atoms with Crippen LogP contribution in [0.4, 0.5) is 4.39 Å². The van der Waals surface area contributed by atoms with E-state index in [1.807, 2.05) is 30.3 Å². The minimum atomic E-state index is -1.65. The predicted molar refractivity (Wildman–Crippen MR) is 100 cm³/mol. The van der Waals surface area contributed by atoms with Gasteiger partial charge < -0.3 is 29.2 Å². The second-order valence-corrected chi connectivity index (χ2v) is 7.73. The highest BCUT2D eigenvalue weighted by Crippen LogP contribution is 2.46. The quantitative estimate of drug-likeness (QED) is 0.612. The Bertz CT molecular complexity index is 1050. The van der Waals surface area contributed by atoms with Gasteiger partial charge in [-0.1, -0.05) is 18.2 Å². The van der Waals surface area contributed by atoms with Crippen molar-refractivity contribution in [2.45, 2.75) is 50.2 Å². The Morgan fingerprint density at radius 3 is 2.69 bits per heavy atom. The van der Waals surface area contributed by atoms with E-state index in [9.17, 15) is 19.7 Å². The smallest absolute Gasteiger partial charge is 0.225 e. The molecule has 1 aromatic heterocycles. The van der Waals surface area contributed by atoms with Crippen molar-refractivity contribution >= 4 is 11.0 Å². The highest BCUT2D eigenvalue weighted by atomic mass is 19.1. The number of halogens is 1. The first-order valence-electron chi connectivity index (χ1n) is 9.54. The van der Waals surface area contributed by atoms with E-state index < -0.39 is 36.0 Å². The van der Waals surface area contributed by atoms with Gasteiger partial charge in [-0.2, -0.15) is 0 Å². The molecule has 0 amide bonds. The van der Waals surface area contributed by atoms with Gasteiger partial charge in [0.2, 0.25) is 5.79 Å². The van der Waals surface area contributed by atoms with Crippen molar-refractivity contribution in [3.8, 4) is 0 Å². The highest BCUT2D eigenvalue weighted by molar-refractivity contribution is 5.77. The van der Waals surface area contributed by atoms with E-state index in [1.165, 1.54) is 6.07 Å². The third-order valence-corrected chi connectivity index (χ3v) is 5.84. The predicted octanol–water partition coefficient (Wildman–Crippen LogP) is 2.35. The fourth-order valence-electron chi connectivity index (χ4n) is 4.26. The minimum absolute atomic E-state index is 0.0315. The van der Waals surface area contributed by atoms with Crippen LogP contribution in [0.1, 0.15) is 29.4 Å². The molecule has 1 fully saturated rings. The number of ether oxygens (including phenoxy) is 2. The first kappa shape index (κ1) is 18.7. The fourth-order valence-corrected chi connectivity index (χ4v) is 4.26. The Kier molecular flexibility index (Phi) is 4.27. The summed E-state index contributed by atoms with van der Waals surface area (Å²) < 4.78 is 32.1. The van der Waals surface area contributed by atoms with Crippen LogP contribution in [0.5, 0.6) is 0 Å². The van der Waals surface area contributed by atoms with Crippen molar-refractivity contribution in [1.82, 2.24) is 0 Å². The van der Waals surface area contributed by atoms with Gasteiger partial charge in [0.25, 0.3) is 0 Å². The molecule has 152 valence electrons. The summed E-state index contributed by atoms with van der Waals surface area (Å²) in [7, 11) is 0. The zero-order valence-corrected chi connectivity index (χ0v) is 15.7. The Labute approximate surface area is 166 Å². The Morgan fingerprint density at radius 2 is 1.90 bits per heavy atom. The lowest BCUT2D eigenvalue weighted by Crippen LogP contribution is -2.62. The molecule has 7 heteroatoms. The second-order valence-electron chi connectivity index (χ2n) is 7.73. The molecule has 29 heavy (non-hydrogen) atoms. The van der Waals surface area contributed by atoms with E-state index in [0.29, 0.717) is 22.5 Å². The molecule has 1 spiro atoms. The summed E-state index contributed by atoms with van der Waals surface area (Å²) in [5.74, 6) is -1.46. The molecule has 3 heterocycles. The van der Waals surface area contributed by atoms with Crippen molar-refractivity contribution in [3.05, 3.63) is 70.7 Å². The summed E-state index contributed by atoms with van der Waals surface area (Å²) in [5.41, 5.74) is 2.07. The third-order valence-electron chi connectivity index (χ3n) is 5.84. The van der Waals surface area contributed by atoms with Crippen LogP contribution in [-0.4, -0.2) is 39.7 Å². The number of furan rings is 1. The van der Waals surface area contributed by atoms with Gasteiger partial charge in [0.1, 0.15) is 35.5 Å². The maximum Gasteiger partial charge on any atom is 0.225 e. The Balaban J connectivity index is 1.54. The summed E-state index contributed by atoms with van der Waals surface area (Å²) in [5, 5.41) is 31.8. The molecule has 2 aromatic carbocycles. The lowest BCUT2D eigenvalue weighted by Gasteiger charge is -2.45. The molecule has 0 unspecified atom stereocenters. The van der Waals surface area contributed by atoms with Crippen LogP contribution < -0.4 is 0 Å². The lowest BCUT2D eigenvalue weighted by atomic mass is 9.86. The van der Waals surface area contributed by atoms with Crippen LogP contribution in [0.15, 0.2) is 46.9 Å². The summed E-state index contributed by atoms with van der Waals surface area (Å²) in [6.45, 7) is 1.62. The van der Waals surface area contributed by atoms with Crippen LogP contribution >= 0.6 is 0 Å². The Morgan fingerprint density at radius 1 is 1.10 bits per heavy atom. The zero-order chi connectivity index (χ0) is 20.3. The molecule has 3 aromatic rings. The van der Waals surface area contributed by atoms with E-state index in [2.05, 4.69) is 0 Å². The van der Waals surface area contributed by atoms with Crippen LogP contribution in [0.25, 0.3) is 11.0 Å². The van der Waals surface area contributed by atoms with E-state index in [4.69, 9.17) is 13.9 Å². The van der Waals surface area contributed by atoms with Gasteiger partial charge >= 0.3 is 0 Å². The van der Waals surface area contributed by atoms with Gasteiger partial charge in [-0.3, -0.25) is 0 Å². The average Bonchev–Trinajstić information content (AvgIpc) is 3.27.